The van der Waals surface area contributed by atoms with Crippen molar-refractivity contribution >= 4 is 27.7 Å². The number of nitrogens with zero attached hydrogens (tertiary/aromatic N) is 1. The van der Waals surface area contributed by atoms with Gasteiger partial charge in [0, 0.05) is 23.2 Å². The zero-order valence-corrected chi connectivity index (χ0v) is 15.6. The molecule has 0 spiro atoms. The van der Waals surface area contributed by atoms with Crippen molar-refractivity contribution in [1.29, 1.82) is 0 Å². The summed E-state index contributed by atoms with van der Waals surface area (Å²) in [6.07, 6.45) is 8.40. The molecule has 2 nitrogen and oxygen atoms in total. The molecule has 0 radical (unpaired) electrons. The van der Waals surface area contributed by atoms with Crippen LogP contribution in [0.4, 0.5) is 5.69 Å². The fraction of sp³-hybridized carbons (Fsp3) is 0.333. The van der Waals surface area contributed by atoms with E-state index in [0.717, 1.165) is 17.6 Å². The van der Waals surface area contributed by atoms with Crippen LogP contribution in [0.15, 0.2) is 59.1 Å². The molecule has 0 aliphatic carbocycles. The maximum absolute atomic E-state index is 3.50. The van der Waals surface area contributed by atoms with Crippen molar-refractivity contribution in [2.75, 3.05) is 25.0 Å². The van der Waals surface area contributed by atoms with Crippen LogP contribution in [0.1, 0.15) is 30.4 Å². The lowest BCUT2D eigenvalue weighted by molar-refractivity contribution is 0.221. The van der Waals surface area contributed by atoms with Crippen molar-refractivity contribution < 1.29 is 0 Å². The van der Waals surface area contributed by atoms with Gasteiger partial charge in [-0.05, 0) is 61.3 Å². The predicted octanol–water partition coefficient (Wildman–Crippen LogP) is 5.56. The van der Waals surface area contributed by atoms with Gasteiger partial charge in [-0.3, -0.25) is 4.90 Å². The highest BCUT2D eigenvalue weighted by atomic mass is 79.9. The van der Waals surface area contributed by atoms with Gasteiger partial charge in [0.1, 0.15) is 0 Å². The second-order valence-corrected chi connectivity index (χ2v) is 7.29. The van der Waals surface area contributed by atoms with Gasteiger partial charge in [-0.15, -0.1) is 0 Å². The Morgan fingerprint density at radius 2 is 1.79 bits per heavy atom. The van der Waals surface area contributed by atoms with E-state index in [9.17, 15) is 0 Å². The molecule has 0 amide bonds. The molecular formula is C21H25BrN2. The van der Waals surface area contributed by atoms with E-state index in [4.69, 9.17) is 0 Å². The maximum atomic E-state index is 3.50. The molecule has 1 fully saturated rings. The van der Waals surface area contributed by atoms with Gasteiger partial charge in [0.15, 0.2) is 0 Å². The molecule has 24 heavy (non-hydrogen) atoms. The van der Waals surface area contributed by atoms with Gasteiger partial charge < -0.3 is 5.32 Å². The maximum Gasteiger partial charge on any atom is 0.0342 e. The number of likely N-dealkylation sites (tertiary alicyclic amines) is 1. The second kappa shape index (κ2) is 9.05. The molecule has 3 heteroatoms. The van der Waals surface area contributed by atoms with Crippen molar-refractivity contribution in [3.05, 3.63) is 70.2 Å². The third kappa shape index (κ3) is 5.50. The minimum absolute atomic E-state index is 0.831. The van der Waals surface area contributed by atoms with Crippen LogP contribution in [0, 0.1) is 0 Å². The lowest BCUT2D eigenvalue weighted by atomic mass is 10.1. The molecule has 126 valence electrons. The number of hydrogen-bond donors (Lipinski definition) is 1. The summed E-state index contributed by atoms with van der Waals surface area (Å²) in [4.78, 5) is 2.56. The van der Waals surface area contributed by atoms with Crippen LogP contribution >= 0.6 is 15.9 Å². The molecule has 1 aliphatic heterocycles. The standard InChI is InChI=1S/C21H25BrN2/c22-20-8-4-6-18(16-20)7-5-13-23-21-11-9-19(10-12-21)17-24-14-2-1-3-15-24/h4-12,16,23H,1-3,13-15,17H2. The van der Waals surface area contributed by atoms with Crippen LogP contribution < -0.4 is 5.32 Å². The van der Waals surface area contributed by atoms with Crippen molar-refractivity contribution in [2.45, 2.75) is 25.8 Å². The van der Waals surface area contributed by atoms with E-state index >= 15 is 0 Å². The molecule has 1 heterocycles. The Morgan fingerprint density at radius 1 is 1.00 bits per heavy atom. The Kier molecular flexibility index (Phi) is 6.50. The van der Waals surface area contributed by atoms with E-state index in [2.05, 4.69) is 80.8 Å². The molecule has 0 bridgehead atoms. The van der Waals surface area contributed by atoms with E-state index in [1.807, 2.05) is 6.07 Å². The molecule has 0 aromatic heterocycles. The van der Waals surface area contributed by atoms with Crippen LogP contribution in [-0.4, -0.2) is 24.5 Å². The molecule has 0 unspecified atom stereocenters. The Balaban J connectivity index is 1.45. The van der Waals surface area contributed by atoms with Gasteiger partial charge in [0.05, 0.1) is 0 Å². The summed E-state index contributed by atoms with van der Waals surface area (Å²) in [5.41, 5.74) is 3.80. The number of halogens is 1. The number of hydrogen-bond acceptors (Lipinski definition) is 2. The highest BCUT2D eigenvalue weighted by Gasteiger charge is 2.09. The first-order chi connectivity index (χ1) is 11.8. The van der Waals surface area contributed by atoms with E-state index in [1.54, 1.807) is 0 Å². The van der Waals surface area contributed by atoms with Crippen LogP contribution in [-0.2, 0) is 6.54 Å². The quantitative estimate of drug-likeness (QED) is 0.700. The molecule has 3 rings (SSSR count). The summed E-state index contributed by atoms with van der Waals surface area (Å²) < 4.78 is 1.11. The summed E-state index contributed by atoms with van der Waals surface area (Å²) in [5, 5.41) is 3.45. The van der Waals surface area contributed by atoms with Crippen molar-refractivity contribution in [2.24, 2.45) is 0 Å². The topological polar surface area (TPSA) is 15.3 Å². The lowest BCUT2D eigenvalue weighted by Gasteiger charge is -2.26. The minimum Gasteiger partial charge on any atom is -0.382 e. The van der Waals surface area contributed by atoms with E-state index in [1.165, 1.54) is 49.2 Å². The monoisotopic (exact) mass is 384 g/mol. The Labute approximate surface area is 153 Å². The molecule has 1 N–H and O–H groups in total. The summed E-state index contributed by atoms with van der Waals surface area (Å²) in [6, 6.07) is 17.2. The van der Waals surface area contributed by atoms with E-state index in [-0.39, 0.29) is 0 Å². The van der Waals surface area contributed by atoms with Crippen LogP contribution in [0.25, 0.3) is 6.08 Å². The van der Waals surface area contributed by atoms with E-state index in [0.29, 0.717) is 0 Å². The SMILES string of the molecule is Brc1cccc(C=CCNc2ccc(CN3CCCCC3)cc2)c1. The average molecular weight is 385 g/mol. The number of benzene rings is 2. The first-order valence-corrected chi connectivity index (χ1v) is 9.56. The largest absolute Gasteiger partial charge is 0.382 e. The van der Waals surface area contributed by atoms with E-state index < -0.39 is 0 Å². The molecule has 2 aromatic rings. The number of piperidine rings is 1. The minimum atomic E-state index is 0.831. The van der Waals surface area contributed by atoms with Crippen molar-refractivity contribution in [1.82, 2.24) is 4.90 Å². The van der Waals surface area contributed by atoms with Gasteiger partial charge in [-0.1, -0.05) is 58.8 Å². The summed E-state index contributed by atoms with van der Waals surface area (Å²) in [7, 11) is 0. The highest BCUT2D eigenvalue weighted by Crippen LogP contribution is 2.16. The van der Waals surface area contributed by atoms with Gasteiger partial charge in [0.2, 0.25) is 0 Å². The molecule has 0 atom stereocenters. The van der Waals surface area contributed by atoms with Gasteiger partial charge >= 0.3 is 0 Å². The van der Waals surface area contributed by atoms with Gasteiger partial charge in [-0.2, -0.15) is 0 Å². The third-order valence-corrected chi connectivity index (χ3v) is 4.89. The van der Waals surface area contributed by atoms with Gasteiger partial charge in [0.25, 0.3) is 0 Å². The molecule has 1 aliphatic rings. The predicted molar refractivity (Wildman–Crippen MR) is 107 cm³/mol. The van der Waals surface area contributed by atoms with Crippen molar-refractivity contribution in [3.63, 3.8) is 0 Å². The molecule has 0 saturated carbocycles. The number of anilines is 1. The molecule has 2 aromatic carbocycles. The first kappa shape index (κ1) is 17.2. The lowest BCUT2D eigenvalue weighted by Crippen LogP contribution is -2.29. The fourth-order valence-corrected chi connectivity index (χ4v) is 3.50. The smallest absolute Gasteiger partial charge is 0.0342 e. The molecule has 1 saturated heterocycles. The highest BCUT2D eigenvalue weighted by molar-refractivity contribution is 9.10. The normalized spacial score (nSPS) is 15.7. The number of rotatable bonds is 6. The Morgan fingerprint density at radius 3 is 2.54 bits per heavy atom. The Hall–Kier alpha value is -1.58. The first-order valence-electron chi connectivity index (χ1n) is 8.77. The molecular weight excluding hydrogens is 360 g/mol. The van der Waals surface area contributed by atoms with Crippen LogP contribution in [0.5, 0.6) is 0 Å². The van der Waals surface area contributed by atoms with Crippen LogP contribution in [0.2, 0.25) is 0 Å². The summed E-state index contributed by atoms with van der Waals surface area (Å²) in [5.74, 6) is 0. The average Bonchev–Trinajstić information content (AvgIpc) is 2.61. The summed E-state index contributed by atoms with van der Waals surface area (Å²) >= 11 is 3.50. The fourth-order valence-electron chi connectivity index (χ4n) is 3.09. The van der Waals surface area contributed by atoms with Crippen molar-refractivity contribution in [3.8, 4) is 0 Å². The number of nitrogens with one attached hydrogen (secondary N) is 1. The second-order valence-electron chi connectivity index (χ2n) is 6.37. The third-order valence-electron chi connectivity index (χ3n) is 4.39. The van der Waals surface area contributed by atoms with Crippen LogP contribution in [0.3, 0.4) is 0 Å². The zero-order valence-electron chi connectivity index (χ0n) is 14.0. The Bertz CT molecular complexity index is 658. The van der Waals surface area contributed by atoms with Gasteiger partial charge in [-0.25, -0.2) is 0 Å². The summed E-state index contributed by atoms with van der Waals surface area (Å²) in [6.45, 7) is 4.42. The zero-order chi connectivity index (χ0) is 16.6.